The SMILES string of the molecule is COc1ccccc1OCC(=O)N1CCC2(CC1)CC(CN1CCN(C)CC1)O2.O=C(O)C(F)(F)F.O=C(O)C(F)(F)F. The van der Waals surface area contributed by atoms with E-state index in [-0.39, 0.29) is 18.1 Å². The number of nitrogens with zero attached hydrogens (tertiary/aromatic N) is 3. The molecule has 1 spiro atoms. The molecule has 0 aromatic heterocycles. The molecule has 11 nitrogen and oxygen atoms in total. The van der Waals surface area contributed by atoms with Crippen LogP contribution in [0.4, 0.5) is 26.3 Å². The Kier molecular flexibility index (Phi) is 12.9. The van der Waals surface area contributed by atoms with Crippen LogP contribution in [0, 0.1) is 0 Å². The second-order valence-electron chi connectivity index (χ2n) is 10.2. The summed E-state index contributed by atoms with van der Waals surface area (Å²) in [5.41, 5.74) is -0.00245. The standard InChI is InChI=1S/C22H33N3O4.2C2HF3O2/c1-23-11-13-24(14-12-23)16-18-15-22(29-18)7-9-25(10-8-22)21(26)17-28-20-6-4-3-5-19(20)27-2;2*3-2(4,5)1(6)7/h3-6,18H,7-17H2,1-2H3;2*(H,6,7). The Labute approximate surface area is 243 Å². The fourth-order valence-electron chi connectivity index (χ4n) is 4.63. The Bertz CT molecular complexity index is 1040. The number of rotatable bonds is 6. The molecular weight excluding hydrogens is 596 g/mol. The van der Waals surface area contributed by atoms with Crippen LogP contribution in [-0.4, -0.2) is 133 Å². The fraction of sp³-hybridized carbons (Fsp3) is 0.654. The highest BCUT2D eigenvalue weighted by Gasteiger charge is 2.48. The number of carbonyl (C=O) groups excluding carboxylic acids is 1. The first kappa shape index (κ1) is 35.9. The first-order valence-corrected chi connectivity index (χ1v) is 13.2. The summed E-state index contributed by atoms with van der Waals surface area (Å²) in [6.45, 7) is 7.14. The van der Waals surface area contributed by atoms with Crippen molar-refractivity contribution in [2.45, 2.75) is 43.3 Å². The van der Waals surface area contributed by atoms with Crippen LogP contribution in [0.2, 0.25) is 0 Å². The number of carboxylic acid groups (broad SMARTS) is 2. The van der Waals surface area contributed by atoms with E-state index in [0.29, 0.717) is 17.6 Å². The number of carboxylic acids is 2. The largest absolute Gasteiger partial charge is 0.493 e. The summed E-state index contributed by atoms with van der Waals surface area (Å²) in [6.07, 6.45) is -6.84. The molecule has 3 aliphatic rings. The van der Waals surface area contributed by atoms with Gasteiger partial charge < -0.3 is 34.2 Å². The van der Waals surface area contributed by atoms with Gasteiger partial charge in [0.1, 0.15) is 0 Å². The van der Waals surface area contributed by atoms with Gasteiger partial charge in [-0.1, -0.05) is 12.1 Å². The average Bonchev–Trinajstić information content (AvgIpc) is 2.92. The summed E-state index contributed by atoms with van der Waals surface area (Å²) < 4.78 is 80.8. The first-order chi connectivity index (χ1) is 20.0. The summed E-state index contributed by atoms with van der Waals surface area (Å²) >= 11 is 0. The van der Waals surface area contributed by atoms with Gasteiger partial charge in [0.2, 0.25) is 0 Å². The number of para-hydroxylation sites is 2. The maximum Gasteiger partial charge on any atom is 0.490 e. The number of hydrogen-bond acceptors (Lipinski definition) is 8. The minimum atomic E-state index is -5.08. The Hall–Kier alpha value is -3.31. The lowest BCUT2D eigenvalue weighted by Crippen LogP contribution is -2.60. The summed E-state index contributed by atoms with van der Waals surface area (Å²) in [7, 11) is 3.78. The van der Waals surface area contributed by atoms with Crippen LogP contribution in [-0.2, 0) is 19.1 Å². The molecule has 1 amide bonds. The van der Waals surface area contributed by atoms with E-state index < -0.39 is 24.3 Å². The van der Waals surface area contributed by atoms with E-state index >= 15 is 0 Å². The molecule has 0 aliphatic carbocycles. The third kappa shape index (κ3) is 11.7. The minimum absolute atomic E-state index is 0.00245. The Balaban J connectivity index is 0.000000384. The van der Waals surface area contributed by atoms with Crippen molar-refractivity contribution in [3.8, 4) is 11.5 Å². The monoisotopic (exact) mass is 631 g/mol. The molecule has 43 heavy (non-hydrogen) atoms. The van der Waals surface area contributed by atoms with Crippen molar-refractivity contribution < 1.29 is 65.1 Å². The third-order valence-corrected chi connectivity index (χ3v) is 7.01. The van der Waals surface area contributed by atoms with E-state index in [4.69, 9.17) is 34.0 Å². The van der Waals surface area contributed by atoms with Gasteiger partial charge in [-0.2, -0.15) is 26.3 Å². The zero-order valence-electron chi connectivity index (χ0n) is 23.6. The quantitative estimate of drug-likeness (QED) is 0.453. The van der Waals surface area contributed by atoms with Crippen LogP contribution < -0.4 is 9.47 Å². The highest BCUT2D eigenvalue weighted by atomic mass is 19.4. The van der Waals surface area contributed by atoms with Crippen LogP contribution in [0.5, 0.6) is 11.5 Å². The number of alkyl halides is 6. The van der Waals surface area contributed by atoms with E-state index in [9.17, 15) is 31.1 Å². The second kappa shape index (κ2) is 15.4. The van der Waals surface area contributed by atoms with Gasteiger partial charge in [-0.3, -0.25) is 9.69 Å². The number of piperidine rings is 1. The van der Waals surface area contributed by atoms with Crippen molar-refractivity contribution >= 4 is 17.8 Å². The molecule has 3 fully saturated rings. The van der Waals surface area contributed by atoms with E-state index in [1.807, 2.05) is 29.2 Å². The van der Waals surface area contributed by atoms with Gasteiger partial charge in [0, 0.05) is 52.2 Å². The molecule has 1 aromatic carbocycles. The Morgan fingerprint density at radius 2 is 1.37 bits per heavy atom. The topological polar surface area (TPSA) is 129 Å². The minimum Gasteiger partial charge on any atom is -0.493 e. The van der Waals surface area contributed by atoms with Crippen LogP contribution >= 0.6 is 0 Å². The van der Waals surface area contributed by atoms with Crippen LogP contribution in [0.1, 0.15) is 19.3 Å². The maximum atomic E-state index is 12.6. The second-order valence-corrected chi connectivity index (χ2v) is 10.2. The zero-order chi connectivity index (χ0) is 32.4. The molecule has 3 aliphatic heterocycles. The molecule has 3 saturated heterocycles. The van der Waals surface area contributed by atoms with Gasteiger partial charge >= 0.3 is 24.3 Å². The van der Waals surface area contributed by atoms with Gasteiger partial charge in [-0.05, 0) is 32.0 Å². The van der Waals surface area contributed by atoms with Crippen molar-refractivity contribution in [1.29, 1.82) is 0 Å². The molecule has 1 unspecified atom stereocenters. The number of ether oxygens (including phenoxy) is 3. The van der Waals surface area contributed by atoms with Crippen molar-refractivity contribution in [3.63, 3.8) is 0 Å². The van der Waals surface area contributed by atoms with Crippen LogP contribution in [0.3, 0.4) is 0 Å². The van der Waals surface area contributed by atoms with Crippen molar-refractivity contribution in [2.75, 3.05) is 66.6 Å². The van der Waals surface area contributed by atoms with Gasteiger partial charge in [0.15, 0.2) is 18.1 Å². The van der Waals surface area contributed by atoms with Crippen LogP contribution in [0.15, 0.2) is 24.3 Å². The lowest BCUT2D eigenvalue weighted by atomic mass is 9.80. The smallest absolute Gasteiger partial charge is 0.490 e. The zero-order valence-corrected chi connectivity index (χ0v) is 23.6. The lowest BCUT2D eigenvalue weighted by Gasteiger charge is -2.53. The molecule has 1 atom stereocenters. The summed E-state index contributed by atoms with van der Waals surface area (Å²) in [6, 6.07) is 7.41. The van der Waals surface area contributed by atoms with Gasteiger partial charge in [0.05, 0.1) is 18.8 Å². The molecule has 4 rings (SSSR count). The molecule has 3 heterocycles. The lowest BCUT2D eigenvalue weighted by molar-refractivity contribution is -0.230. The summed E-state index contributed by atoms with van der Waals surface area (Å²) in [5.74, 6) is -4.24. The number of halogens is 6. The molecular formula is C26H35F6N3O8. The Morgan fingerprint density at radius 3 is 1.81 bits per heavy atom. The van der Waals surface area contributed by atoms with E-state index in [1.165, 1.54) is 0 Å². The normalized spacial score (nSPS) is 20.5. The van der Waals surface area contributed by atoms with E-state index in [1.54, 1.807) is 7.11 Å². The highest BCUT2D eigenvalue weighted by molar-refractivity contribution is 5.78. The molecule has 0 bridgehead atoms. The number of piperazine rings is 1. The van der Waals surface area contributed by atoms with Crippen LogP contribution in [0.25, 0.3) is 0 Å². The number of hydrogen-bond donors (Lipinski definition) is 2. The molecule has 1 aromatic rings. The average molecular weight is 632 g/mol. The van der Waals surface area contributed by atoms with Gasteiger partial charge in [-0.25, -0.2) is 9.59 Å². The maximum absolute atomic E-state index is 12.6. The number of benzene rings is 1. The molecule has 0 saturated carbocycles. The van der Waals surface area contributed by atoms with Crippen molar-refractivity contribution in [1.82, 2.24) is 14.7 Å². The number of likely N-dealkylation sites (tertiary alicyclic amines) is 1. The van der Waals surface area contributed by atoms with E-state index in [0.717, 1.165) is 65.1 Å². The summed E-state index contributed by atoms with van der Waals surface area (Å²) in [4.78, 5) is 37.1. The van der Waals surface area contributed by atoms with Gasteiger partial charge in [-0.15, -0.1) is 0 Å². The predicted molar refractivity (Wildman–Crippen MR) is 138 cm³/mol. The molecule has 244 valence electrons. The Morgan fingerprint density at radius 1 is 0.907 bits per heavy atom. The number of amides is 1. The van der Waals surface area contributed by atoms with E-state index in [2.05, 4.69) is 16.8 Å². The molecule has 2 N–H and O–H groups in total. The van der Waals surface area contributed by atoms with Crippen molar-refractivity contribution in [3.05, 3.63) is 24.3 Å². The van der Waals surface area contributed by atoms with Crippen molar-refractivity contribution in [2.24, 2.45) is 0 Å². The molecule has 0 radical (unpaired) electrons. The number of likely N-dealkylation sites (N-methyl/N-ethyl adjacent to an activating group) is 1. The predicted octanol–water partition coefficient (Wildman–Crippen LogP) is 2.74. The highest BCUT2D eigenvalue weighted by Crippen LogP contribution is 2.41. The fourth-order valence-corrected chi connectivity index (χ4v) is 4.63. The summed E-state index contributed by atoms with van der Waals surface area (Å²) in [5, 5.41) is 14.2. The molecule has 17 heteroatoms. The number of carbonyl (C=O) groups is 3. The van der Waals surface area contributed by atoms with Gasteiger partial charge in [0.25, 0.3) is 5.91 Å². The number of aliphatic carboxylic acids is 2. The third-order valence-electron chi connectivity index (χ3n) is 7.01. The number of methoxy groups -OCH3 is 1. The first-order valence-electron chi connectivity index (χ1n) is 13.2.